The molecule has 0 bridgehead atoms. The summed E-state index contributed by atoms with van der Waals surface area (Å²) in [4.78, 5) is 6.69. The molecule has 24 heavy (non-hydrogen) atoms. The third-order valence-electron chi connectivity index (χ3n) is 4.39. The summed E-state index contributed by atoms with van der Waals surface area (Å²) in [6, 6.07) is 14.8. The topological polar surface area (TPSA) is 35.8 Å². The first kappa shape index (κ1) is 16.2. The van der Waals surface area contributed by atoms with Gasteiger partial charge in [-0.2, -0.15) is 0 Å². The maximum atomic E-state index is 13.8. The number of aryl methyl sites for hydroxylation is 1. The maximum absolute atomic E-state index is 13.8. The third kappa shape index (κ3) is 3.32. The second-order valence-corrected chi connectivity index (χ2v) is 6.09. The Kier molecular flexibility index (Phi) is 4.65. The molecule has 2 aromatic rings. The Balaban J connectivity index is 1.97. The van der Waals surface area contributed by atoms with E-state index in [0.29, 0.717) is 11.3 Å². The van der Waals surface area contributed by atoms with Crippen LogP contribution < -0.4 is 0 Å². The first-order chi connectivity index (χ1) is 11.6. The van der Waals surface area contributed by atoms with E-state index in [9.17, 15) is 9.50 Å². The van der Waals surface area contributed by atoms with Crippen molar-refractivity contribution < 1.29 is 9.50 Å². The normalized spacial score (nSPS) is 14.8. The van der Waals surface area contributed by atoms with Crippen LogP contribution in [0.2, 0.25) is 0 Å². The molecule has 4 heteroatoms. The number of halogens is 1. The molecule has 1 heterocycles. The number of amidine groups is 1. The molecule has 0 saturated carbocycles. The summed E-state index contributed by atoms with van der Waals surface area (Å²) in [6.07, 6.45) is 1.70. The molecule has 0 aliphatic carbocycles. The molecule has 2 aromatic carbocycles. The minimum absolute atomic E-state index is 0.328. The van der Waals surface area contributed by atoms with Crippen molar-refractivity contribution in [1.82, 2.24) is 4.90 Å². The standard InChI is InChI=1S/C20H21FN2O/c1-14-22-19(17-9-6-10-18(21)20(17)24)16(13-23(14)2)12-11-15-7-4-3-5-8-15/h3-10,24H,11-13H2,1-2H3. The Bertz CT molecular complexity index is 797. The summed E-state index contributed by atoms with van der Waals surface area (Å²) in [5.74, 6) is -0.0860. The van der Waals surface area contributed by atoms with Gasteiger partial charge in [0.05, 0.1) is 5.70 Å². The monoisotopic (exact) mass is 324 g/mol. The Morgan fingerprint density at radius 2 is 1.83 bits per heavy atom. The molecule has 1 N–H and O–H groups in total. The van der Waals surface area contributed by atoms with Crippen LogP contribution in [0, 0.1) is 5.82 Å². The summed E-state index contributed by atoms with van der Waals surface area (Å²) in [5, 5.41) is 10.1. The Labute approximate surface area is 141 Å². The van der Waals surface area contributed by atoms with E-state index < -0.39 is 5.82 Å². The Morgan fingerprint density at radius 3 is 2.58 bits per heavy atom. The quantitative estimate of drug-likeness (QED) is 0.913. The van der Waals surface area contributed by atoms with Crippen molar-refractivity contribution in [3.05, 3.63) is 71.0 Å². The van der Waals surface area contributed by atoms with Gasteiger partial charge >= 0.3 is 0 Å². The van der Waals surface area contributed by atoms with Gasteiger partial charge in [0.25, 0.3) is 0 Å². The van der Waals surface area contributed by atoms with Crippen LogP contribution in [0.25, 0.3) is 5.70 Å². The number of aromatic hydroxyl groups is 1. The van der Waals surface area contributed by atoms with Crippen molar-refractivity contribution in [3.8, 4) is 5.75 Å². The van der Waals surface area contributed by atoms with Gasteiger partial charge in [0.15, 0.2) is 11.6 Å². The molecule has 0 amide bonds. The number of aliphatic imine (C=N–C) groups is 1. The van der Waals surface area contributed by atoms with Gasteiger partial charge in [-0.15, -0.1) is 0 Å². The molecule has 0 unspecified atom stereocenters. The predicted octanol–water partition coefficient (Wildman–Crippen LogP) is 4.24. The lowest BCUT2D eigenvalue weighted by Gasteiger charge is -2.27. The first-order valence-corrected chi connectivity index (χ1v) is 8.06. The van der Waals surface area contributed by atoms with Gasteiger partial charge in [0.2, 0.25) is 0 Å². The van der Waals surface area contributed by atoms with E-state index in [-0.39, 0.29) is 5.75 Å². The molecule has 0 radical (unpaired) electrons. The van der Waals surface area contributed by atoms with Gasteiger partial charge in [0, 0.05) is 19.2 Å². The van der Waals surface area contributed by atoms with E-state index in [4.69, 9.17) is 0 Å². The number of nitrogens with zero attached hydrogens (tertiary/aromatic N) is 2. The van der Waals surface area contributed by atoms with E-state index >= 15 is 0 Å². The first-order valence-electron chi connectivity index (χ1n) is 8.06. The molecular weight excluding hydrogens is 303 g/mol. The van der Waals surface area contributed by atoms with Crippen molar-refractivity contribution in [2.45, 2.75) is 19.8 Å². The second-order valence-electron chi connectivity index (χ2n) is 6.09. The minimum atomic E-state index is -0.616. The van der Waals surface area contributed by atoms with E-state index in [1.807, 2.05) is 32.2 Å². The summed E-state index contributed by atoms with van der Waals surface area (Å²) in [7, 11) is 1.99. The number of hydrogen-bond acceptors (Lipinski definition) is 3. The summed E-state index contributed by atoms with van der Waals surface area (Å²) >= 11 is 0. The van der Waals surface area contributed by atoms with Crippen molar-refractivity contribution in [1.29, 1.82) is 0 Å². The highest BCUT2D eigenvalue weighted by atomic mass is 19.1. The molecule has 0 fully saturated rings. The number of benzene rings is 2. The lowest BCUT2D eigenvalue weighted by Crippen LogP contribution is -2.30. The molecule has 1 aliphatic rings. The molecule has 0 spiro atoms. The fourth-order valence-electron chi connectivity index (χ4n) is 2.90. The van der Waals surface area contributed by atoms with Crippen molar-refractivity contribution in [3.63, 3.8) is 0 Å². The molecule has 0 atom stereocenters. The fraction of sp³-hybridized carbons (Fsp3) is 0.250. The van der Waals surface area contributed by atoms with Crippen LogP contribution in [0.3, 0.4) is 0 Å². The van der Waals surface area contributed by atoms with Crippen LogP contribution in [0.5, 0.6) is 5.75 Å². The van der Waals surface area contributed by atoms with Crippen molar-refractivity contribution in [2.75, 3.05) is 13.6 Å². The predicted molar refractivity (Wildman–Crippen MR) is 95.5 cm³/mol. The zero-order valence-electron chi connectivity index (χ0n) is 14.0. The number of likely N-dealkylation sites (N-methyl/N-ethyl adjacent to an activating group) is 1. The number of para-hydroxylation sites is 1. The highest BCUT2D eigenvalue weighted by Gasteiger charge is 2.21. The van der Waals surface area contributed by atoms with E-state index in [2.05, 4.69) is 22.0 Å². The number of rotatable bonds is 4. The largest absolute Gasteiger partial charge is 0.504 e. The molecule has 0 saturated heterocycles. The average molecular weight is 324 g/mol. The molecule has 3 nitrogen and oxygen atoms in total. The van der Waals surface area contributed by atoms with Crippen molar-refractivity contribution >= 4 is 11.5 Å². The minimum Gasteiger partial charge on any atom is -0.504 e. The fourth-order valence-corrected chi connectivity index (χ4v) is 2.90. The number of phenolic OH excluding ortho intramolecular Hbond substituents is 1. The van der Waals surface area contributed by atoms with E-state index in [1.165, 1.54) is 11.6 Å². The van der Waals surface area contributed by atoms with Gasteiger partial charge in [-0.1, -0.05) is 36.4 Å². The van der Waals surface area contributed by atoms with Crippen LogP contribution >= 0.6 is 0 Å². The zero-order valence-corrected chi connectivity index (χ0v) is 14.0. The summed E-state index contributed by atoms with van der Waals surface area (Å²) in [5.41, 5.74) is 3.51. The lowest BCUT2D eigenvalue weighted by atomic mass is 9.97. The van der Waals surface area contributed by atoms with Gasteiger partial charge in [0.1, 0.15) is 5.84 Å². The van der Waals surface area contributed by atoms with Gasteiger partial charge in [-0.25, -0.2) is 9.38 Å². The average Bonchev–Trinajstić information content (AvgIpc) is 2.59. The Morgan fingerprint density at radius 1 is 1.08 bits per heavy atom. The smallest absolute Gasteiger partial charge is 0.165 e. The third-order valence-corrected chi connectivity index (χ3v) is 4.39. The Hall–Kier alpha value is -2.62. The van der Waals surface area contributed by atoms with Crippen LogP contribution in [0.1, 0.15) is 24.5 Å². The summed E-state index contributed by atoms with van der Waals surface area (Å²) < 4.78 is 13.8. The molecule has 1 aliphatic heterocycles. The molecular formula is C20H21FN2O. The maximum Gasteiger partial charge on any atom is 0.165 e. The van der Waals surface area contributed by atoms with Crippen LogP contribution in [0.4, 0.5) is 4.39 Å². The summed E-state index contributed by atoms with van der Waals surface area (Å²) in [6.45, 7) is 2.65. The highest BCUT2D eigenvalue weighted by Crippen LogP contribution is 2.34. The van der Waals surface area contributed by atoms with E-state index in [1.54, 1.807) is 12.1 Å². The van der Waals surface area contributed by atoms with E-state index in [0.717, 1.165) is 30.8 Å². The molecule has 3 rings (SSSR count). The molecule has 124 valence electrons. The van der Waals surface area contributed by atoms with Crippen LogP contribution in [-0.4, -0.2) is 29.4 Å². The SMILES string of the molecule is CC1=NC(c2cccc(F)c2O)=C(CCc2ccccc2)CN1C. The van der Waals surface area contributed by atoms with Gasteiger partial charge in [-0.05, 0) is 43.0 Å². The lowest BCUT2D eigenvalue weighted by molar-refractivity contribution is 0.430. The molecule has 0 aromatic heterocycles. The van der Waals surface area contributed by atoms with Crippen LogP contribution in [0.15, 0.2) is 59.1 Å². The second kappa shape index (κ2) is 6.87. The number of hydrogen-bond donors (Lipinski definition) is 1. The zero-order chi connectivity index (χ0) is 17.1. The highest BCUT2D eigenvalue weighted by molar-refractivity contribution is 5.90. The van der Waals surface area contributed by atoms with Crippen molar-refractivity contribution in [2.24, 2.45) is 4.99 Å². The van der Waals surface area contributed by atoms with Gasteiger partial charge < -0.3 is 10.0 Å². The number of phenols is 1. The van der Waals surface area contributed by atoms with Crippen LogP contribution in [-0.2, 0) is 6.42 Å². The van der Waals surface area contributed by atoms with Gasteiger partial charge in [-0.3, -0.25) is 0 Å².